The zero-order chi connectivity index (χ0) is 20.8. The van der Waals surface area contributed by atoms with Gasteiger partial charge in [0.2, 0.25) is 0 Å². The first-order valence-electron chi connectivity index (χ1n) is 9.20. The third-order valence-corrected chi connectivity index (χ3v) is 3.58. The first kappa shape index (κ1) is 35.4. The molecule has 31 heavy (non-hydrogen) atoms. The fourth-order valence-corrected chi connectivity index (χ4v) is 2.24. The number of halogens is 2. The fraction of sp³-hybridized carbons (Fsp3) is 0.167. The molecule has 0 unspecified atom stereocenters. The fourth-order valence-electron chi connectivity index (χ4n) is 2.24. The van der Waals surface area contributed by atoms with Crippen molar-refractivity contribution in [2.75, 3.05) is 26.2 Å². The van der Waals surface area contributed by atoms with E-state index in [2.05, 4.69) is 36.3 Å². The molecule has 0 aromatic rings. The van der Waals surface area contributed by atoms with E-state index in [9.17, 15) is 0 Å². The average molecular weight is 720 g/mol. The van der Waals surface area contributed by atoms with Gasteiger partial charge >= 0.3 is 35.3 Å². The van der Waals surface area contributed by atoms with Crippen molar-refractivity contribution in [3.63, 3.8) is 0 Å². The summed E-state index contributed by atoms with van der Waals surface area (Å²) in [7, 11) is 9.75. The molecule has 4 rings (SSSR count). The summed E-state index contributed by atoms with van der Waals surface area (Å²) < 4.78 is 0. The Bertz CT molecular complexity index is 279. The molecule has 4 aliphatic carbocycles. The van der Waals surface area contributed by atoms with Crippen LogP contribution in [0, 0.1) is 127 Å². The van der Waals surface area contributed by atoms with Crippen LogP contribution in [0.4, 0.5) is 0 Å². The van der Waals surface area contributed by atoms with E-state index in [1.165, 1.54) is 11.8 Å². The van der Waals surface area contributed by atoms with E-state index in [0.717, 1.165) is 26.2 Å². The molecule has 4 fully saturated rings. The van der Waals surface area contributed by atoms with Gasteiger partial charge in [-0.25, -0.2) is 0 Å². The molecule has 0 aliphatic heterocycles. The number of nitrogens with zero attached hydrogens (tertiary/aromatic N) is 2. The molecule has 7 heteroatoms. The van der Waals surface area contributed by atoms with Gasteiger partial charge in [0.15, 0.2) is 0 Å². The van der Waals surface area contributed by atoms with Crippen molar-refractivity contribution < 1.29 is 50.6 Å². The molecule has 0 bridgehead atoms. The van der Waals surface area contributed by atoms with E-state index in [4.69, 9.17) is 18.8 Å². The van der Waals surface area contributed by atoms with E-state index >= 15 is 0 Å². The Balaban J connectivity index is 0. The van der Waals surface area contributed by atoms with Crippen LogP contribution in [-0.4, -0.2) is 26.2 Å². The van der Waals surface area contributed by atoms with Gasteiger partial charge in [0.05, 0.1) is 0 Å². The van der Waals surface area contributed by atoms with Crippen molar-refractivity contribution >= 4 is 18.8 Å². The predicted octanol–water partition coefficient (Wildman–Crippen LogP) is 5.96. The maximum Gasteiger partial charge on any atom is 0 e. The van der Waals surface area contributed by atoms with Gasteiger partial charge in [-0.3, -0.25) is 0 Å². The average Bonchev–Trinajstić information content (AvgIpc) is 3.57. The SMILES string of the molecule is [CH]1[CH][CH][CH][CH]1.[CH]1[CH][CH][CH][CH]1.[CH]1[CH][CH][C](C[N-]CC[N-]C[C]2[CH][CH][CH][CH]2)[CH]1.[Cl][Pt+2][Cl].[Fe].[Fe]. The molecule has 0 heterocycles. The number of hydrogen-bond donors (Lipinski definition) is 0. The van der Waals surface area contributed by atoms with E-state index in [1.54, 1.807) is 0 Å². The second kappa shape index (κ2) is 28.5. The molecule has 172 valence electrons. The standard InChI is InChI=1S/C14H16N2.2C5H5.2ClH.2Fe.Pt/c1-2-6-13(5-1)11-15-9-10-16-12-14-7-3-4-8-14;2*1-2-4-5-3-1;;;;;/h1-8H,9-12H2;2*1-5H;2*1H;;;/q-2;;;;;;;+4/p-2. The van der Waals surface area contributed by atoms with E-state index in [1.807, 2.05) is 89.9 Å². The molecule has 0 aromatic heterocycles. The molecule has 4 saturated carbocycles. The Morgan fingerprint density at radius 1 is 0.484 bits per heavy atom. The van der Waals surface area contributed by atoms with Gasteiger partial charge in [-0.1, -0.05) is 0 Å². The molecule has 0 amide bonds. The van der Waals surface area contributed by atoms with Gasteiger partial charge in [-0.15, -0.1) is 13.1 Å². The van der Waals surface area contributed by atoms with E-state index in [-0.39, 0.29) is 34.1 Å². The smallest absolute Gasteiger partial charge is 0 e. The van der Waals surface area contributed by atoms with Crippen LogP contribution in [0.5, 0.6) is 0 Å². The first-order chi connectivity index (χ1) is 14.4. The maximum absolute atomic E-state index is 4.88. The summed E-state index contributed by atoms with van der Waals surface area (Å²) in [6.45, 7) is 3.29. The van der Waals surface area contributed by atoms with Gasteiger partial charge in [-0.05, 0) is 127 Å². The molecule has 0 spiro atoms. The minimum Gasteiger partial charge on any atom is 0 e. The van der Waals surface area contributed by atoms with Crippen molar-refractivity contribution in [2.24, 2.45) is 0 Å². The molecule has 2 nitrogen and oxygen atoms in total. The van der Waals surface area contributed by atoms with Gasteiger partial charge in [0.25, 0.3) is 0 Å². The van der Waals surface area contributed by atoms with Crippen molar-refractivity contribution in [3.8, 4) is 0 Å². The van der Waals surface area contributed by atoms with Gasteiger partial charge in [0.1, 0.15) is 0 Å². The van der Waals surface area contributed by atoms with Crippen molar-refractivity contribution in [1.29, 1.82) is 0 Å². The van der Waals surface area contributed by atoms with Crippen LogP contribution >= 0.6 is 18.8 Å². The second-order valence-corrected chi connectivity index (χ2v) is 9.05. The van der Waals surface area contributed by atoms with Gasteiger partial charge < -0.3 is 10.6 Å². The quantitative estimate of drug-likeness (QED) is 0.230. The molecule has 4 aliphatic rings. The zero-order valence-corrected chi connectivity index (χ0v) is 22.9. The Kier molecular flexibility index (Phi) is 32.5. The van der Waals surface area contributed by atoms with Crippen LogP contribution in [0.3, 0.4) is 0 Å². The first-order valence-corrected chi connectivity index (χ1v) is 14.8. The Morgan fingerprint density at radius 3 is 0.935 bits per heavy atom. The van der Waals surface area contributed by atoms with Crippen LogP contribution < -0.4 is 0 Å². The summed E-state index contributed by atoms with van der Waals surface area (Å²) in [5, 5.41) is 8.88. The van der Waals surface area contributed by atoms with E-state index in [0.29, 0.717) is 0 Å². The molecule has 0 saturated heterocycles. The van der Waals surface area contributed by atoms with Gasteiger partial charge in [0, 0.05) is 34.1 Å². The largest absolute Gasteiger partial charge is 0 e. The summed E-state index contributed by atoms with van der Waals surface area (Å²) >= 11 is -0.472. The summed E-state index contributed by atoms with van der Waals surface area (Å²) in [5.41, 5.74) is 0. The van der Waals surface area contributed by atoms with Crippen LogP contribution in [-0.2, 0) is 50.6 Å². The van der Waals surface area contributed by atoms with E-state index < -0.39 is 16.5 Å². The van der Waals surface area contributed by atoms with Crippen molar-refractivity contribution in [2.45, 2.75) is 0 Å². The number of hydrogen-bond acceptors (Lipinski definition) is 0. The predicted molar refractivity (Wildman–Crippen MR) is 122 cm³/mol. The van der Waals surface area contributed by atoms with Crippen LogP contribution in [0.1, 0.15) is 0 Å². The third kappa shape index (κ3) is 23.7. The molecule has 0 N–H and O–H groups in total. The molecule has 20 radical (unpaired) electrons. The molecular weight excluding hydrogens is 694 g/mol. The Labute approximate surface area is 232 Å². The third-order valence-electron chi connectivity index (χ3n) is 3.58. The van der Waals surface area contributed by atoms with Crippen LogP contribution in [0.2, 0.25) is 0 Å². The number of rotatable bonds is 7. The van der Waals surface area contributed by atoms with Gasteiger partial charge in [-0.2, -0.15) is 13.1 Å². The molecule has 0 aromatic carbocycles. The molecule has 0 atom stereocenters. The zero-order valence-electron chi connectivity index (χ0n) is 16.9. The van der Waals surface area contributed by atoms with Crippen molar-refractivity contribution in [1.82, 2.24) is 0 Å². The summed E-state index contributed by atoms with van der Waals surface area (Å²) in [6.07, 6.45) is 36.6. The monoisotopic (exact) mass is 719 g/mol. The minimum absolute atomic E-state index is 0. The molecular formula is C24H26Cl2Fe2N2Pt. The topological polar surface area (TPSA) is 28.2 Å². The normalized spacial score (nSPS) is 20.5. The van der Waals surface area contributed by atoms with Crippen molar-refractivity contribution in [3.05, 3.63) is 138 Å². The van der Waals surface area contributed by atoms with Crippen LogP contribution in [0.25, 0.3) is 10.6 Å². The van der Waals surface area contributed by atoms with Crippen LogP contribution in [0.15, 0.2) is 0 Å². The summed E-state index contributed by atoms with van der Waals surface area (Å²) in [4.78, 5) is 0. The summed E-state index contributed by atoms with van der Waals surface area (Å²) in [6, 6.07) is 0. The summed E-state index contributed by atoms with van der Waals surface area (Å²) in [5.74, 6) is 2.58. The Morgan fingerprint density at radius 2 is 0.710 bits per heavy atom. The maximum atomic E-state index is 4.88. The minimum atomic E-state index is -0.472. The Hall–Kier alpha value is 2.23. The second-order valence-electron chi connectivity index (χ2n) is 5.77.